The maximum atomic E-state index is 5.49. The Hall–Kier alpha value is -1.88. The summed E-state index contributed by atoms with van der Waals surface area (Å²) in [6, 6.07) is 11.3. The summed E-state index contributed by atoms with van der Waals surface area (Å²) in [6.45, 7) is 6.47. The standard InChI is InChI=1S/C18H26N4O/c1-2-17-20-21-18(23-17)19-14-16-9-12-22(13-10-16)11-8-15-6-4-3-5-7-15/h3-7,16H,2,8-14H2,1H3,(H,19,21). The van der Waals surface area contributed by atoms with Crippen LogP contribution in [0.2, 0.25) is 0 Å². The maximum absolute atomic E-state index is 5.49. The third-order valence-electron chi connectivity index (χ3n) is 4.58. The SMILES string of the molecule is CCc1nnc(NCC2CCN(CCc3ccccc3)CC2)o1. The number of rotatable bonds is 7. The molecule has 0 radical (unpaired) electrons. The Morgan fingerprint density at radius 1 is 1.17 bits per heavy atom. The van der Waals surface area contributed by atoms with Gasteiger partial charge in [-0.2, -0.15) is 0 Å². The molecule has 1 aromatic carbocycles. The molecule has 0 bridgehead atoms. The molecular weight excluding hydrogens is 288 g/mol. The van der Waals surface area contributed by atoms with Crippen molar-refractivity contribution in [3.05, 3.63) is 41.8 Å². The molecule has 1 aliphatic heterocycles. The van der Waals surface area contributed by atoms with Gasteiger partial charge in [0.2, 0.25) is 5.89 Å². The lowest BCUT2D eigenvalue weighted by atomic mass is 9.96. The summed E-state index contributed by atoms with van der Waals surface area (Å²) in [4.78, 5) is 2.57. The second-order valence-corrected chi connectivity index (χ2v) is 6.26. The van der Waals surface area contributed by atoms with Crippen molar-refractivity contribution in [2.24, 2.45) is 5.92 Å². The first kappa shape index (κ1) is 16.0. The van der Waals surface area contributed by atoms with E-state index in [1.165, 1.54) is 31.5 Å². The van der Waals surface area contributed by atoms with E-state index < -0.39 is 0 Å². The van der Waals surface area contributed by atoms with Gasteiger partial charge < -0.3 is 14.6 Å². The summed E-state index contributed by atoms with van der Waals surface area (Å²) in [5, 5.41) is 11.3. The molecule has 1 aliphatic rings. The van der Waals surface area contributed by atoms with Crippen LogP contribution in [-0.2, 0) is 12.8 Å². The van der Waals surface area contributed by atoms with Gasteiger partial charge in [-0.05, 0) is 43.8 Å². The predicted molar refractivity (Wildman–Crippen MR) is 91.5 cm³/mol. The Bertz CT molecular complexity index is 576. The van der Waals surface area contributed by atoms with Crippen molar-refractivity contribution < 1.29 is 4.42 Å². The zero-order chi connectivity index (χ0) is 15.9. The highest BCUT2D eigenvalue weighted by atomic mass is 16.4. The average Bonchev–Trinajstić information content (AvgIpc) is 3.08. The molecule has 2 heterocycles. The third-order valence-corrected chi connectivity index (χ3v) is 4.58. The van der Waals surface area contributed by atoms with Crippen molar-refractivity contribution in [3.63, 3.8) is 0 Å². The number of hydrogen-bond donors (Lipinski definition) is 1. The lowest BCUT2D eigenvalue weighted by Gasteiger charge is -2.31. The summed E-state index contributed by atoms with van der Waals surface area (Å²) >= 11 is 0. The van der Waals surface area contributed by atoms with E-state index in [2.05, 4.69) is 50.7 Å². The van der Waals surface area contributed by atoms with E-state index in [-0.39, 0.29) is 0 Å². The Labute approximate surface area is 138 Å². The smallest absolute Gasteiger partial charge is 0.315 e. The Morgan fingerprint density at radius 3 is 2.65 bits per heavy atom. The average molecular weight is 314 g/mol. The number of hydrogen-bond acceptors (Lipinski definition) is 5. The lowest BCUT2D eigenvalue weighted by Crippen LogP contribution is -2.37. The molecule has 0 amide bonds. The fourth-order valence-electron chi connectivity index (χ4n) is 3.05. The second-order valence-electron chi connectivity index (χ2n) is 6.26. The molecule has 0 saturated carbocycles. The largest absolute Gasteiger partial charge is 0.408 e. The van der Waals surface area contributed by atoms with Crippen LogP contribution in [0.4, 0.5) is 6.01 Å². The summed E-state index contributed by atoms with van der Waals surface area (Å²) in [5.41, 5.74) is 1.43. The molecule has 1 saturated heterocycles. The van der Waals surface area contributed by atoms with Gasteiger partial charge in [0.05, 0.1) is 0 Å². The molecule has 0 atom stereocenters. The lowest BCUT2D eigenvalue weighted by molar-refractivity contribution is 0.191. The highest BCUT2D eigenvalue weighted by Gasteiger charge is 2.19. The molecule has 124 valence electrons. The fraction of sp³-hybridized carbons (Fsp3) is 0.556. The zero-order valence-corrected chi connectivity index (χ0v) is 13.9. The van der Waals surface area contributed by atoms with Crippen LogP contribution in [0.1, 0.15) is 31.2 Å². The maximum Gasteiger partial charge on any atom is 0.315 e. The van der Waals surface area contributed by atoms with Gasteiger partial charge in [0, 0.05) is 19.5 Å². The van der Waals surface area contributed by atoms with Crippen molar-refractivity contribution in [1.29, 1.82) is 0 Å². The molecular formula is C18H26N4O. The van der Waals surface area contributed by atoms with Crippen molar-refractivity contribution in [1.82, 2.24) is 15.1 Å². The first-order chi connectivity index (χ1) is 11.3. The van der Waals surface area contributed by atoms with Gasteiger partial charge in [0.1, 0.15) is 0 Å². The minimum atomic E-state index is 0.563. The molecule has 2 aromatic rings. The van der Waals surface area contributed by atoms with E-state index in [1.807, 2.05) is 6.92 Å². The number of aromatic nitrogens is 2. The molecule has 5 heteroatoms. The molecule has 5 nitrogen and oxygen atoms in total. The van der Waals surface area contributed by atoms with Gasteiger partial charge in [-0.3, -0.25) is 0 Å². The molecule has 0 spiro atoms. The van der Waals surface area contributed by atoms with E-state index in [0.29, 0.717) is 17.8 Å². The Kier molecular flexibility index (Phi) is 5.64. The summed E-state index contributed by atoms with van der Waals surface area (Å²) in [6.07, 6.45) is 4.40. The number of piperidine rings is 1. The van der Waals surface area contributed by atoms with E-state index in [1.54, 1.807) is 0 Å². The molecule has 0 aliphatic carbocycles. The van der Waals surface area contributed by atoms with E-state index in [0.717, 1.165) is 25.9 Å². The minimum absolute atomic E-state index is 0.563. The molecule has 1 N–H and O–H groups in total. The first-order valence-corrected chi connectivity index (χ1v) is 8.66. The molecule has 1 aromatic heterocycles. The second kappa shape index (κ2) is 8.11. The van der Waals surface area contributed by atoms with Crippen molar-refractivity contribution >= 4 is 6.01 Å². The normalized spacial score (nSPS) is 16.6. The van der Waals surface area contributed by atoms with Gasteiger partial charge in [-0.1, -0.05) is 42.4 Å². The quantitative estimate of drug-likeness (QED) is 0.851. The highest BCUT2D eigenvalue weighted by molar-refractivity contribution is 5.17. The molecule has 3 rings (SSSR count). The van der Waals surface area contributed by atoms with Gasteiger partial charge in [0.15, 0.2) is 0 Å². The number of likely N-dealkylation sites (tertiary alicyclic amines) is 1. The van der Waals surface area contributed by atoms with E-state index >= 15 is 0 Å². The monoisotopic (exact) mass is 314 g/mol. The zero-order valence-electron chi connectivity index (χ0n) is 13.9. The van der Waals surface area contributed by atoms with Crippen LogP contribution in [0.15, 0.2) is 34.7 Å². The van der Waals surface area contributed by atoms with E-state index in [4.69, 9.17) is 4.42 Å². The number of anilines is 1. The predicted octanol–water partition coefficient (Wildman–Crippen LogP) is 3.00. The van der Waals surface area contributed by atoms with Gasteiger partial charge >= 0.3 is 6.01 Å². The number of nitrogens with zero attached hydrogens (tertiary/aromatic N) is 3. The van der Waals surface area contributed by atoms with E-state index in [9.17, 15) is 0 Å². The van der Waals surface area contributed by atoms with Crippen LogP contribution < -0.4 is 5.32 Å². The summed E-state index contributed by atoms with van der Waals surface area (Å²) in [7, 11) is 0. The van der Waals surface area contributed by atoms with Gasteiger partial charge in [-0.25, -0.2) is 0 Å². The Morgan fingerprint density at radius 2 is 1.96 bits per heavy atom. The van der Waals surface area contributed by atoms with Crippen molar-refractivity contribution in [2.75, 3.05) is 31.5 Å². The fourth-order valence-corrected chi connectivity index (χ4v) is 3.05. The summed E-state index contributed by atoms with van der Waals surface area (Å²) in [5.74, 6) is 1.39. The highest BCUT2D eigenvalue weighted by Crippen LogP contribution is 2.18. The van der Waals surface area contributed by atoms with Crippen LogP contribution in [0, 0.1) is 5.92 Å². The van der Waals surface area contributed by atoms with Crippen LogP contribution in [0.25, 0.3) is 0 Å². The van der Waals surface area contributed by atoms with Crippen LogP contribution >= 0.6 is 0 Å². The summed E-state index contributed by atoms with van der Waals surface area (Å²) < 4.78 is 5.49. The van der Waals surface area contributed by atoms with Crippen molar-refractivity contribution in [2.45, 2.75) is 32.6 Å². The van der Waals surface area contributed by atoms with Crippen molar-refractivity contribution in [3.8, 4) is 0 Å². The van der Waals surface area contributed by atoms with Crippen LogP contribution in [0.5, 0.6) is 0 Å². The number of aryl methyl sites for hydroxylation is 1. The molecule has 23 heavy (non-hydrogen) atoms. The van der Waals surface area contributed by atoms with Crippen LogP contribution in [0.3, 0.4) is 0 Å². The molecule has 1 fully saturated rings. The topological polar surface area (TPSA) is 54.2 Å². The minimum Gasteiger partial charge on any atom is -0.408 e. The number of benzene rings is 1. The Balaban J connectivity index is 1.35. The van der Waals surface area contributed by atoms with Gasteiger partial charge in [0.25, 0.3) is 0 Å². The van der Waals surface area contributed by atoms with Gasteiger partial charge in [-0.15, -0.1) is 5.10 Å². The van der Waals surface area contributed by atoms with Crippen LogP contribution in [-0.4, -0.2) is 41.3 Å². The number of nitrogens with one attached hydrogen (secondary N) is 1. The first-order valence-electron chi connectivity index (χ1n) is 8.66. The third kappa shape index (κ3) is 4.79. The molecule has 0 unspecified atom stereocenters.